The number of thioether (sulfide) groups is 1. The van der Waals surface area contributed by atoms with Crippen molar-refractivity contribution in [2.24, 2.45) is 0 Å². The number of benzene rings is 1. The molecule has 0 saturated heterocycles. The highest BCUT2D eigenvalue weighted by Gasteiger charge is 2.14. The highest BCUT2D eigenvalue weighted by atomic mass is 32.2. The van der Waals surface area contributed by atoms with Crippen LogP contribution in [-0.2, 0) is 10.5 Å². The minimum atomic E-state index is -0.841. The Labute approximate surface area is 108 Å². The fourth-order valence-corrected chi connectivity index (χ4v) is 1.94. The average Bonchev–Trinajstić information content (AvgIpc) is 2.85. The highest BCUT2D eigenvalue weighted by molar-refractivity contribution is 7.99. The van der Waals surface area contributed by atoms with Gasteiger partial charge in [-0.2, -0.15) is 4.98 Å². The Kier molecular flexibility index (Phi) is 3.99. The zero-order valence-corrected chi connectivity index (χ0v) is 10.6. The third-order valence-corrected chi connectivity index (χ3v) is 3.43. The lowest BCUT2D eigenvalue weighted by Gasteiger charge is -2.01. The van der Waals surface area contributed by atoms with E-state index in [0.29, 0.717) is 17.5 Å². The minimum absolute atomic E-state index is 0.420. The van der Waals surface area contributed by atoms with Gasteiger partial charge >= 0.3 is 5.97 Å². The van der Waals surface area contributed by atoms with Crippen molar-refractivity contribution in [3.63, 3.8) is 0 Å². The van der Waals surface area contributed by atoms with Crippen molar-refractivity contribution >= 4 is 17.7 Å². The molecular weight excluding hydrogens is 252 g/mol. The van der Waals surface area contributed by atoms with Gasteiger partial charge in [0.25, 0.3) is 5.89 Å². The first kappa shape index (κ1) is 12.6. The number of hydrogen-bond donors (Lipinski definition) is 1. The van der Waals surface area contributed by atoms with Gasteiger partial charge in [-0.25, -0.2) is 0 Å². The van der Waals surface area contributed by atoms with Crippen molar-refractivity contribution in [2.45, 2.75) is 17.9 Å². The molecule has 5 nitrogen and oxygen atoms in total. The van der Waals surface area contributed by atoms with E-state index in [4.69, 9.17) is 9.63 Å². The summed E-state index contributed by atoms with van der Waals surface area (Å²) in [7, 11) is 0. The number of rotatable bonds is 5. The number of carboxylic acid groups (broad SMARTS) is 1. The van der Waals surface area contributed by atoms with Crippen LogP contribution < -0.4 is 0 Å². The van der Waals surface area contributed by atoms with Gasteiger partial charge in [0.1, 0.15) is 0 Å². The van der Waals surface area contributed by atoms with E-state index in [-0.39, 0.29) is 0 Å². The van der Waals surface area contributed by atoms with Gasteiger partial charge in [0, 0.05) is 5.56 Å². The van der Waals surface area contributed by atoms with Gasteiger partial charge in [-0.3, -0.25) is 4.79 Å². The Morgan fingerprint density at radius 3 is 2.83 bits per heavy atom. The molecule has 1 atom stereocenters. The SMILES string of the molecule is CC(SCc1noc(-c2ccccc2)n1)C(=O)O. The smallest absolute Gasteiger partial charge is 0.316 e. The molecule has 0 fully saturated rings. The van der Waals surface area contributed by atoms with Gasteiger partial charge in [-0.1, -0.05) is 23.4 Å². The standard InChI is InChI=1S/C12H12N2O3S/c1-8(12(15)16)18-7-10-13-11(17-14-10)9-5-3-2-4-6-9/h2-6,8H,7H2,1H3,(H,15,16). The summed E-state index contributed by atoms with van der Waals surface area (Å²) in [4.78, 5) is 14.9. The lowest BCUT2D eigenvalue weighted by molar-refractivity contribution is -0.136. The summed E-state index contributed by atoms with van der Waals surface area (Å²) < 4.78 is 5.12. The maximum Gasteiger partial charge on any atom is 0.316 e. The van der Waals surface area contributed by atoms with E-state index < -0.39 is 11.2 Å². The first-order valence-electron chi connectivity index (χ1n) is 5.39. The number of aliphatic carboxylic acids is 1. The molecule has 1 unspecified atom stereocenters. The molecule has 0 amide bonds. The lowest BCUT2D eigenvalue weighted by Crippen LogP contribution is -2.11. The second kappa shape index (κ2) is 5.68. The molecular formula is C12H12N2O3S. The zero-order valence-electron chi connectivity index (χ0n) is 9.74. The number of aromatic nitrogens is 2. The third-order valence-electron chi connectivity index (χ3n) is 2.30. The molecule has 0 aliphatic heterocycles. The van der Waals surface area contributed by atoms with E-state index in [1.165, 1.54) is 11.8 Å². The van der Waals surface area contributed by atoms with Crippen LogP contribution in [0.4, 0.5) is 0 Å². The van der Waals surface area contributed by atoms with E-state index in [2.05, 4.69) is 10.1 Å². The van der Waals surface area contributed by atoms with Crippen LogP contribution in [0.25, 0.3) is 11.5 Å². The highest BCUT2D eigenvalue weighted by Crippen LogP contribution is 2.20. The summed E-state index contributed by atoms with van der Waals surface area (Å²) in [6.45, 7) is 1.63. The summed E-state index contributed by atoms with van der Waals surface area (Å²) in [5.74, 6) is 0.539. The van der Waals surface area contributed by atoms with Crippen LogP contribution in [0.2, 0.25) is 0 Å². The van der Waals surface area contributed by atoms with Gasteiger partial charge in [-0.15, -0.1) is 11.8 Å². The summed E-state index contributed by atoms with van der Waals surface area (Å²) in [6.07, 6.45) is 0. The van der Waals surface area contributed by atoms with Crippen LogP contribution in [0.15, 0.2) is 34.9 Å². The molecule has 0 radical (unpaired) electrons. The van der Waals surface area contributed by atoms with Gasteiger partial charge < -0.3 is 9.63 Å². The molecule has 18 heavy (non-hydrogen) atoms. The molecule has 1 aromatic carbocycles. The van der Waals surface area contributed by atoms with Crippen molar-refractivity contribution < 1.29 is 14.4 Å². The molecule has 94 valence electrons. The number of hydrogen-bond acceptors (Lipinski definition) is 5. The molecule has 2 rings (SSSR count). The van der Waals surface area contributed by atoms with Crippen LogP contribution in [0.5, 0.6) is 0 Å². The summed E-state index contributed by atoms with van der Waals surface area (Å²) in [6, 6.07) is 9.45. The van der Waals surface area contributed by atoms with Crippen LogP contribution in [0, 0.1) is 0 Å². The topological polar surface area (TPSA) is 76.2 Å². The fraction of sp³-hybridized carbons (Fsp3) is 0.250. The third kappa shape index (κ3) is 3.10. The van der Waals surface area contributed by atoms with Crippen molar-refractivity contribution in [3.8, 4) is 11.5 Å². The van der Waals surface area contributed by atoms with Gasteiger partial charge in [0.05, 0.1) is 11.0 Å². The van der Waals surface area contributed by atoms with Crippen molar-refractivity contribution in [1.82, 2.24) is 10.1 Å². The Balaban J connectivity index is 2.01. The molecule has 1 N–H and O–H groups in total. The molecule has 1 heterocycles. The molecule has 2 aromatic rings. The molecule has 0 saturated carbocycles. The van der Waals surface area contributed by atoms with E-state index >= 15 is 0 Å². The molecule has 0 aliphatic carbocycles. The maximum atomic E-state index is 10.7. The van der Waals surface area contributed by atoms with Gasteiger partial charge in [0.15, 0.2) is 5.82 Å². The molecule has 0 bridgehead atoms. The Hall–Kier alpha value is -1.82. The fourth-order valence-electron chi connectivity index (χ4n) is 1.28. The Morgan fingerprint density at radius 2 is 2.17 bits per heavy atom. The molecule has 0 spiro atoms. The second-order valence-electron chi connectivity index (χ2n) is 3.67. The molecule has 6 heteroatoms. The van der Waals surface area contributed by atoms with E-state index in [1.54, 1.807) is 6.92 Å². The van der Waals surface area contributed by atoms with Crippen molar-refractivity contribution in [2.75, 3.05) is 0 Å². The first-order chi connectivity index (χ1) is 8.66. The Morgan fingerprint density at radius 1 is 1.44 bits per heavy atom. The minimum Gasteiger partial charge on any atom is -0.480 e. The van der Waals surface area contributed by atoms with Crippen LogP contribution in [-0.4, -0.2) is 26.5 Å². The largest absolute Gasteiger partial charge is 0.480 e. The normalized spacial score (nSPS) is 12.3. The first-order valence-corrected chi connectivity index (χ1v) is 6.44. The molecule has 1 aromatic heterocycles. The van der Waals surface area contributed by atoms with E-state index in [1.807, 2.05) is 30.3 Å². The number of carbonyl (C=O) groups is 1. The zero-order chi connectivity index (χ0) is 13.0. The average molecular weight is 264 g/mol. The summed E-state index contributed by atoms with van der Waals surface area (Å²) in [5, 5.41) is 12.1. The van der Waals surface area contributed by atoms with E-state index in [0.717, 1.165) is 5.56 Å². The summed E-state index contributed by atoms with van der Waals surface area (Å²) >= 11 is 1.26. The summed E-state index contributed by atoms with van der Waals surface area (Å²) in [5.41, 5.74) is 0.854. The van der Waals surface area contributed by atoms with Crippen LogP contribution in [0.1, 0.15) is 12.7 Å². The van der Waals surface area contributed by atoms with Crippen LogP contribution in [0.3, 0.4) is 0 Å². The van der Waals surface area contributed by atoms with Gasteiger partial charge in [-0.05, 0) is 19.1 Å². The number of carboxylic acids is 1. The quantitative estimate of drug-likeness (QED) is 0.893. The Bertz CT molecular complexity index is 527. The molecule has 0 aliphatic rings. The maximum absolute atomic E-state index is 10.7. The van der Waals surface area contributed by atoms with Crippen LogP contribution >= 0.6 is 11.8 Å². The number of nitrogens with zero attached hydrogens (tertiary/aromatic N) is 2. The van der Waals surface area contributed by atoms with E-state index in [9.17, 15) is 4.79 Å². The van der Waals surface area contributed by atoms with Crippen molar-refractivity contribution in [3.05, 3.63) is 36.2 Å². The lowest BCUT2D eigenvalue weighted by atomic mass is 10.2. The predicted octanol–water partition coefficient (Wildman–Crippen LogP) is 2.44. The monoisotopic (exact) mass is 264 g/mol. The van der Waals surface area contributed by atoms with Gasteiger partial charge in [0.2, 0.25) is 0 Å². The predicted molar refractivity (Wildman–Crippen MR) is 68.1 cm³/mol. The van der Waals surface area contributed by atoms with Crippen molar-refractivity contribution in [1.29, 1.82) is 0 Å². The second-order valence-corrected chi connectivity index (χ2v) is 5.00.